The fourth-order valence-electron chi connectivity index (χ4n) is 2.24. The number of fused-ring (bicyclic) bond motifs is 1. The van der Waals surface area contributed by atoms with E-state index >= 15 is 0 Å². The Labute approximate surface area is 120 Å². The molecular weight excluding hydrogens is 272 g/mol. The van der Waals surface area contributed by atoms with Gasteiger partial charge in [0.05, 0.1) is 7.11 Å². The Morgan fingerprint density at radius 2 is 1.95 bits per heavy atom. The lowest BCUT2D eigenvalue weighted by molar-refractivity contribution is 0.0694. The van der Waals surface area contributed by atoms with Gasteiger partial charge in [0.25, 0.3) is 0 Å². The predicted octanol–water partition coefficient (Wildman–Crippen LogP) is 4.28. The average Bonchev–Trinajstić information content (AvgIpc) is 2.90. The molecular formula is C16H12O3S. The van der Waals surface area contributed by atoms with Gasteiger partial charge in [-0.1, -0.05) is 30.3 Å². The summed E-state index contributed by atoms with van der Waals surface area (Å²) in [7, 11) is 1.48. The van der Waals surface area contributed by atoms with Crippen molar-refractivity contribution in [3.8, 4) is 16.2 Å². The van der Waals surface area contributed by atoms with Gasteiger partial charge in [0.2, 0.25) is 0 Å². The first-order valence-electron chi connectivity index (χ1n) is 6.10. The maximum atomic E-state index is 11.5. The molecule has 0 radical (unpaired) electrons. The smallest absolute Gasteiger partial charge is 0.340 e. The maximum absolute atomic E-state index is 11.5. The van der Waals surface area contributed by atoms with Crippen LogP contribution in [-0.2, 0) is 0 Å². The minimum absolute atomic E-state index is 0.210. The first kappa shape index (κ1) is 12.7. The Morgan fingerprint density at radius 3 is 2.65 bits per heavy atom. The Balaban J connectivity index is 2.25. The second kappa shape index (κ2) is 4.98. The van der Waals surface area contributed by atoms with Crippen LogP contribution in [0.5, 0.6) is 5.75 Å². The van der Waals surface area contributed by atoms with Gasteiger partial charge in [-0.2, -0.15) is 0 Å². The topological polar surface area (TPSA) is 46.5 Å². The predicted molar refractivity (Wildman–Crippen MR) is 80.8 cm³/mol. The summed E-state index contributed by atoms with van der Waals surface area (Å²) < 4.78 is 6.31. The van der Waals surface area contributed by atoms with Crippen molar-refractivity contribution in [2.75, 3.05) is 7.11 Å². The molecule has 0 saturated heterocycles. The number of ether oxygens (including phenoxy) is 1. The number of hydrogen-bond acceptors (Lipinski definition) is 3. The normalized spacial score (nSPS) is 10.7. The lowest BCUT2D eigenvalue weighted by Gasteiger charge is -2.08. The monoisotopic (exact) mass is 284 g/mol. The first-order chi connectivity index (χ1) is 9.70. The molecule has 0 amide bonds. The van der Waals surface area contributed by atoms with Crippen LogP contribution in [0, 0.1) is 0 Å². The molecule has 100 valence electrons. The summed E-state index contributed by atoms with van der Waals surface area (Å²) in [5, 5.41) is 10.6. The number of carboxylic acids is 1. The molecule has 0 aliphatic carbocycles. The molecule has 3 nitrogen and oxygen atoms in total. The average molecular weight is 284 g/mol. The van der Waals surface area contributed by atoms with E-state index in [1.165, 1.54) is 7.11 Å². The number of carbonyl (C=O) groups is 1. The number of hydrogen-bond donors (Lipinski definition) is 1. The Kier molecular flexibility index (Phi) is 3.16. The van der Waals surface area contributed by atoms with E-state index in [0.29, 0.717) is 11.3 Å². The maximum Gasteiger partial charge on any atom is 0.340 e. The molecule has 20 heavy (non-hydrogen) atoms. The molecule has 0 aliphatic rings. The first-order valence-corrected chi connectivity index (χ1v) is 6.91. The lowest BCUT2D eigenvalue weighted by Crippen LogP contribution is -2.02. The SMILES string of the molecule is COc1cccc(-c2cc3ccccc3s2)c1C(=O)O. The molecule has 1 N–H and O–H groups in total. The standard InChI is InChI=1S/C16H12O3S/c1-19-12-7-4-6-11(15(12)16(17)18)14-9-10-5-2-3-8-13(10)20-14/h2-9H,1H3,(H,17,18). The summed E-state index contributed by atoms with van der Waals surface area (Å²) in [5.74, 6) is -0.595. The third-order valence-corrected chi connectivity index (χ3v) is 4.30. The molecule has 2 aromatic carbocycles. The van der Waals surface area contributed by atoms with Crippen LogP contribution >= 0.6 is 11.3 Å². The van der Waals surface area contributed by atoms with Crippen molar-refractivity contribution in [1.29, 1.82) is 0 Å². The van der Waals surface area contributed by atoms with Gasteiger partial charge in [-0.15, -0.1) is 11.3 Å². The second-order valence-corrected chi connectivity index (χ2v) is 5.42. The van der Waals surface area contributed by atoms with E-state index in [2.05, 4.69) is 0 Å². The van der Waals surface area contributed by atoms with Gasteiger partial charge in [0.1, 0.15) is 11.3 Å². The summed E-state index contributed by atoms with van der Waals surface area (Å²) >= 11 is 1.58. The number of methoxy groups -OCH3 is 1. The summed E-state index contributed by atoms with van der Waals surface area (Å²) in [6.07, 6.45) is 0. The van der Waals surface area contributed by atoms with Gasteiger partial charge in [-0.05, 0) is 23.6 Å². The Hall–Kier alpha value is -2.33. The van der Waals surface area contributed by atoms with Crippen molar-refractivity contribution in [3.63, 3.8) is 0 Å². The van der Waals surface area contributed by atoms with Crippen LogP contribution in [0.3, 0.4) is 0 Å². The quantitative estimate of drug-likeness (QED) is 0.781. The summed E-state index contributed by atoms with van der Waals surface area (Å²) in [6, 6.07) is 15.3. The number of thiophene rings is 1. The van der Waals surface area contributed by atoms with E-state index in [0.717, 1.165) is 15.0 Å². The highest BCUT2D eigenvalue weighted by Crippen LogP contribution is 2.37. The zero-order valence-corrected chi connectivity index (χ0v) is 11.6. The van der Waals surface area contributed by atoms with E-state index in [1.807, 2.05) is 42.5 Å². The molecule has 0 fully saturated rings. The van der Waals surface area contributed by atoms with E-state index in [-0.39, 0.29) is 5.56 Å². The van der Waals surface area contributed by atoms with Gasteiger partial charge in [0, 0.05) is 15.1 Å². The van der Waals surface area contributed by atoms with Crippen molar-refractivity contribution < 1.29 is 14.6 Å². The van der Waals surface area contributed by atoms with E-state index < -0.39 is 5.97 Å². The summed E-state index contributed by atoms with van der Waals surface area (Å²) in [6.45, 7) is 0. The van der Waals surface area contributed by atoms with Crippen LogP contribution in [0.2, 0.25) is 0 Å². The van der Waals surface area contributed by atoms with Gasteiger partial charge in [0.15, 0.2) is 0 Å². The number of carboxylic acid groups (broad SMARTS) is 1. The molecule has 4 heteroatoms. The molecule has 0 atom stereocenters. The van der Waals surface area contributed by atoms with Crippen molar-refractivity contribution in [2.24, 2.45) is 0 Å². The van der Waals surface area contributed by atoms with Gasteiger partial charge < -0.3 is 9.84 Å². The van der Waals surface area contributed by atoms with Crippen molar-refractivity contribution in [1.82, 2.24) is 0 Å². The fraction of sp³-hybridized carbons (Fsp3) is 0.0625. The molecule has 0 aliphatic heterocycles. The molecule has 1 heterocycles. The second-order valence-electron chi connectivity index (χ2n) is 4.34. The van der Waals surface area contributed by atoms with Crippen molar-refractivity contribution >= 4 is 27.4 Å². The largest absolute Gasteiger partial charge is 0.496 e. The van der Waals surface area contributed by atoms with Gasteiger partial charge >= 0.3 is 5.97 Å². The zero-order chi connectivity index (χ0) is 14.1. The molecule has 0 saturated carbocycles. The van der Waals surface area contributed by atoms with Crippen LogP contribution in [0.25, 0.3) is 20.5 Å². The van der Waals surface area contributed by atoms with Crippen LogP contribution in [0.1, 0.15) is 10.4 Å². The van der Waals surface area contributed by atoms with Crippen LogP contribution in [0.4, 0.5) is 0 Å². The lowest BCUT2D eigenvalue weighted by atomic mass is 10.0. The molecule has 1 aromatic heterocycles. The zero-order valence-electron chi connectivity index (χ0n) is 10.8. The van der Waals surface area contributed by atoms with E-state index in [1.54, 1.807) is 17.4 Å². The Bertz CT molecular complexity index is 756. The van der Waals surface area contributed by atoms with Crippen molar-refractivity contribution in [3.05, 3.63) is 54.1 Å². The highest BCUT2D eigenvalue weighted by molar-refractivity contribution is 7.22. The van der Waals surface area contributed by atoms with Gasteiger partial charge in [-0.3, -0.25) is 0 Å². The third kappa shape index (κ3) is 2.04. The van der Waals surface area contributed by atoms with Crippen LogP contribution < -0.4 is 4.74 Å². The molecule has 0 bridgehead atoms. The number of rotatable bonds is 3. The van der Waals surface area contributed by atoms with Crippen LogP contribution in [-0.4, -0.2) is 18.2 Å². The molecule has 3 rings (SSSR count). The molecule has 0 unspecified atom stereocenters. The van der Waals surface area contributed by atoms with Gasteiger partial charge in [-0.25, -0.2) is 4.79 Å². The minimum Gasteiger partial charge on any atom is -0.496 e. The number of aromatic carboxylic acids is 1. The molecule has 3 aromatic rings. The van der Waals surface area contributed by atoms with Crippen LogP contribution in [0.15, 0.2) is 48.5 Å². The van der Waals surface area contributed by atoms with E-state index in [9.17, 15) is 9.90 Å². The third-order valence-electron chi connectivity index (χ3n) is 3.15. The minimum atomic E-state index is -0.977. The number of benzene rings is 2. The molecule has 0 spiro atoms. The van der Waals surface area contributed by atoms with E-state index in [4.69, 9.17) is 4.74 Å². The fourth-order valence-corrected chi connectivity index (χ4v) is 3.34. The summed E-state index contributed by atoms with van der Waals surface area (Å²) in [5.41, 5.74) is 0.902. The highest BCUT2D eigenvalue weighted by atomic mass is 32.1. The highest BCUT2D eigenvalue weighted by Gasteiger charge is 2.18. The Morgan fingerprint density at radius 1 is 1.15 bits per heavy atom. The summed E-state index contributed by atoms with van der Waals surface area (Å²) in [4.78, 5) is 12.4. The van der Waals surface area contributed by atoms with Crippen molar-refractivity contribution in [2.45, 2.75) is 0 Å².